The Balaban J connectivity index is 1.70. The fourth-order valence-corrected chi connectivity index (χ4v) is 2.70. The van der Waals surface area contributed by atoms with Crippen LogP contribution < -0.4 is 0 Å². The third-order valence-electron chi connectivity index (χ3n) is 4.02. The monoisotopic (exact) mass is 339 g/mol. The Hall–Kier alpha value is -3.23. The number of ether oxygens (including phenoxy) is 1. The predicted molar refractivity (Wildman–Crippen MR) is 83.3 cm³/mol. The molecule has 1 unspecified atom stereocenters. The highest BCUT2D eigenvalue weighted by Crippen LogP contribution is 2.22. The molecule has 1 saturated heterocycles. The van der Waals surface area contributed by atoms with Gasteiger partial charge in [-0.2, -0.15) is 10.5 Å². The Bertz CT molecular complexity index is 863. The predicted octanol–water partition coefficient (Wildman–Crippen LogP) is 1.37. The average Bonchev–Trinajstić information content (AvgIpc) is 3.04. The van der Waals surface area contributed by atoms with E-state index in [9.17, 15) is 9.18 Å². The largest absolute Gasteiger partial charge is 0.370 e. The normalized spacial score (nSPS) is 16.9. The van der Waals surface area contributed by atoms with E-state index in [1.165, 1.54) is 23.0 Å². The number of morpholine rings is 1. The molecular weight excluding hydrogens is 325 g/mol. The van der Waals surface area contributed by atoms with Crippen molar-refractivity contribution in [2.24, 2.45) is 0 Å². The van der Waals surface area contributed by atoms with Crippen LogP contribution in [0.25, 0.3) is 0 Å². The topological polar surface area (TPSA) is 94.9 Å². The number of benzene rings is 1. The molecule has 0 bridgehead atoms. The summed E-state index contributed by atoms with van der Waals surface area (Å²) in [6.07, 6.45) is 0.985. The molecule has 1 aliphatic heterocycles. The number of nitriles is 2. The maximum Gasteiger partial charge on any atom is 0.242 e. The highest BCUT2D eigenvalue weighted by atomic mass is 19.1. The minimum atomic E-state index is -0.329. The summed E-state index contributed by atoms with van der Waals surface area (Å²) in [4.78, 5) is 18.0. The van der Waals surface area contributed by atoms with Crippen molar-refractivity contribution in [2.75, 3.05) is 19.7 Å². The van der Waals surface area contributed by atoms with Gasteiger partial charge in [0.25, 0.3) is 0 Å². The van der Waals surface area contributed by atoms with Gasteiger partial charge in [0, 0.05) is 6.54 Å². The molecule has 126 valence electrons. The second-order valence-electron chi connectivity index (χ2n) is 5.54. The highest BCUT2D eigenvalue weighted by molar-refractivity contribution is 5.76. The molecule has 1 aromatic carbocycles. The van der Waals surface area contributed by atoms with Crippen LogP contribution in [-0.2, 0) is 16.1 Å². The second-order valence-corrected chi connectivity index (χ2v) is 5.54. The Morgan fingerprint density at radius 2 is 2.08 bits per heavy atom. The zero-order valence-corrected chi connectivity index (χ0v) is 13.2. The molecule has 3 rings (SSSR count). The molecule has 7 nitrogen and oxygen atoms in total. The number of hydrogen-bond donors (Lipinski definition) is 0. The van der Waals surface area contributed by atoms with Crippen LogP contribution in [0.4, 0.5) is 4.39 Å². The second kappa shape index (κ2) is 7.12. The van der Waals surface area contributed by atoms with E-state index >= 15 is 0 Å². The van der Waals surface area contributed by atoms with Gasteiger partial charge in [-0.25, -0.2) is 9.37 Å². The molecule has 1 fully saturated rings. The molecule has 2 heterocycles. The first-order valence-corrected chi connectivity index (χ1v) is 7.62. The quantitative estimate of drug-likeness (QED) is 0.841. The van der Waals surface area contributed by atoms with Crippen LogP contribution in [0.5, 0.6) is 0 Å². The third kappa shape index (κ3) is 3.49. The van der Waals surface area contributed by atoms with Crippen molar-refractivity contribution in [1.82, 2.24) is 14.5 Å². The number of carbonyl (C=O) groups excluding carboxylic acids is 1. The third-order valence-corrected chi connectivity index (χ3v) is 4.02. The first kappa shape index (κ1) is 16.6. The van der Waals surface area contributed by atoms with Crippen LogP contribution in [0.15, 0.2) is 30.6 Å². The van der Waals surface area contributed by atoms with Crippen molar-refractivity contribution in [2.45, 2.75) is 12.6 Å². The van der Waals surface area contributed by atoms with Gasteiger partial charge in [0.2, 0.25) is 5.91 Å². The molecular formula is C17H14FN5O2. The molecule has 0 saturated carbocycles. The molecule has 8 heteroatoms. The van der Waals surface area contributed by atoms with Crippen molar-refractivity contribution in [3.05, 3.63) is 53.4 Å². The summed E-state index contributed by atoms with van der Waals surface area (Å²) in [6.45, 7) is 1.06. The maximum absolute atomic E-state index is 13.0. The number of aromatic nitrogens is 2. The summed E-state index contributed by atoms with van der Waals surface area (Å²) >= 11 is 0. The minimum absolute atomic E-state index is 0.00136. The van der Waals surface area contributed by atoms with Crippen LogP contribution in [-0.4, -0.2) is 40.1 Å². The molecule has 1 amide bonds. The van der Waals surface area contributed by atoms with Crippen LogP contribution in [0.3, 0.4) is 0 Å². The summed E-state index contributed by atoms with van der Waals surface area (Å²) in [6, 6.07) is 9.69. The van der Waals surface area contributed by atoms with Crippen molar-refractivity contribution >= 4 is 5.91 Å². The van der Waals surface area contributed by atoms with E-state index in [1.807, 2.05) is 12.1 Å². The number of rotatable bonds is 3. The maximum atomic E-state index is 13.0. The van der Waals surface area contributed by atoms with Crippen molar-refractivity contribution in [3.8, 4) is 12.1 Å². The molecule has 0 radical (unpaired) electrons. The zero-order chi connectivity index (χ0) is 17.8. The number of halogens is 1. The molecule has 25 heavy (non-hydrogen) atoms. The van der Waals surface area contributed by atoms with Gasteiger partial charge in [0.1, 0.15) is 30.6 Å². The van der Waals surface area contributed by atoms with Gasteiger partial charge in [0.15, 0.2) is 11.4 Å². The summed E-state index contributed by atoms with van der Waals surface area (Å²) in [5, 5.41) is 18.0. The zero-order valence-electron chi connectivity index (χ0n) is 13.2. The van der Waals surface area contributed by atoms with Crippen LogP contribution in [0.2, 0.25) is 0 Å². The van der Waals surface area contributed by atoms with Gasteiger partial charge in [-0.15, -0.1) is 0 Å². The molecule has 2 aromatic rings. The molecule has 1 aromatic heterocycles. The summed E-state index contributed by atoms with van der Waals surface area (Å²) in [5.41, 5.74) is 0.867. The van der Waals surface area contributed by atoms with Gasteiger partial charge in [0.05, 0.1) is 19.5 Å². The summed E-state index contributed by atoms with van der Waals surface area (Å²) in [7, 11) is 0. The fraction of sp³-hybridized carbons (Fsp3) is 0.294. The van der Waals surface area contributed by atoms with Crippen molar-refractivity contribution < 1.29 is 13.9 Å². The Morgan fingerprint density at radius 3 is 2.76 bits per heavy atom. The Labute approximate surface area is 143 Å². The summed E-state index contributed by atoms with van der Waals surface area (Å²) in [5.74, 6) is -0.529. The fourth-order valence-electron chi connectivity index (χ4n) is 2.70. The SMILES string of the molecule is N#Cc1ncn(CC(=O)N2CCOC(c3ccc(F)cc3)C2)c1C#N. The van der Waals surface area contributed by atoms with E-state index in [1.54, 1.807) is 17.0 Å². The lowest BCUT2D eigenvalue weighted by molar-refractivity contribution is -0.139. The Kier molecular flexibility index (Phi) is 4.73. The molecule has 0 N–H and O–H groups in total. The number of nitrogens with zero attached hydrogens (tertiary/aromatic N) is 5. The molecule has 1 atom stereocenters. The van der Waals surface area contributed by atoms with Gasteiger partial charge >= 0.3 is 0 Å². The Morgan fingerprint density at radius 1 is 1.32 bits per heavy atom. The van der Waals surface area contributed by atoms with Gasteiger partial charge in [-0.1, -0.05) is 12.1 Å². The first-order valence-electron chi connectivity index (χ1n) is 7.62. The van der Waals surface area contributed by atoms with Crippen molar-refractivity contribution in [1.29, 1.82) is 10.5 Å². The average molecular weight is 339 g/mol. The van der Waals surface area contributed by atoms with E-state index < -0.39 is 0 Å². The van der Waals surface area contributed by atoms with Crippen LogP contribution in [0, 0.1) is 28.5 Å². The summed E-state index contributed by atoms with van der Waals surface area (Å²) < 4.78 is 20.1. The van der Waals surface area contributed by atoms with Crippen molar-refractivity contribution in [3.63, 3.8) is 0 Å². The standard InChI is InChI=1S/C17H14FN5O2/c18-13-3-1-12(2-4-13)16-9-22(5-6-25-16)17(24)10-23-11-21-14(7-19)15(23)8-20/h1-4,11,16H,5-6,9-10H2. The number of hydrogen-bond acceptors (Lipinski definition) is 5. The van der Waals surface area contributed by atoms with E-state index in [2.05, 4.69) is 4.98 Å². The number of carbonyl (C=O) groups is 1. The lowest BCUT2D eigenvalue weighted by Gasteiger charge is -2.33. The smallest absolute Gasteiger partial charge is 0.242 e. The highest BCUT2D eigenvalue weighted by Gasteiger charge is 2.26. The van der Waals surface area contributed by atoms with Gasteiger partial charge in [-0.05, 0) is 17.7 Å². The molecule has 0 aliphatic carbocycles. The van der Waals surface area contributed by atoms with Crippen LogP contribution in [0.1, 0.15) is 23.1 Å². The first-order chi connectivity index (χ1) is 12.1. The van der Waals surface area contributed by atoms with E-state index in [4.69, 9.17) is 15.3 Å². The van der Waals surface area contributed by atoms with Gasteiger partial charge < -0.3 is 14.2 Å². The number of amides is 1. The van der Waals surface area contributed by atoms with E-state index in [-0.39, 0.29) is 35.8 Å². The minimum Gasteiger partial charge on any atom is -0.370 e. The van der Waals surface area contributed by atoms with Gasteiger partial charge in [-0.3, -0.25) is 4.79 Å². The molecule has 0 spiro atoms. The molecule has 1 aliphatic rings. The lowest BCUT2D eigenvalue weighted by Crippen LogP contribution is -2.43. The van der Waals surface area contributed by atoms with E-state index in [0.29, 0.717) is 19.7 Å². The number of imidazole rings is 1. The van der Waals surface area contributed by atoms with E-state index in [0.717, 1.165) is 5.56 Å². The lowest BCUT2D eigenvalue weighted by atomic mass is 10.1. The van der Waals surface area contributed by atoms with Crippen LogP contribution >= 0.6 is 0 Å².